The zero-order valence-electron chi connectivity index (χ0n) is 22.4. The molecule has 0 saturated heterocycles. The minimum Gasteiger partial charge on any atom is -0.487 e. The number of hydrogen-bond acceptors (Lipinski definition) is 8. The molecule has 0 unspecified atom stereocenters. The third-order valence-electron chi connectivity index (χ3n) is 6.48. The molecule has 3 aromatic carbocycles. The second kappa shape index (κ2) is 12.9. The first-order valence-electron chi connectivity index (χ1n) is 12.8. The number of benzene rings is 3. The number of non-ortho nitro benzene ring substituents is 1. The Kier molecular flexibility index (Phi) is 9.22. The van der Waals surface area contributed by atoms with Gasteiger partial charge in [-0.15, -0.1) is 0 Å². The Bertz CT molecular complexity index is 1880. The Balaban J connectivity index is 1.57. The van der Waals surface area contributed by atoms with E-state index in [0.717, 1.165) is 24.0 Å². The number of nitro groups is 1. The van der Waals surface area contributed by atoms with Crippen LogP contribution in [0, 0.1) is 17.3 Å². The fourth-order valence-electron chi connectivity index (χ4n) is 4.57. The molecule has 4 aromatic rings. The highest BCUT2D eigenvalue weighted by atomic mass is 127. The van der Waals surface area contributed by atoms with E-state index < -0.39 is 16.9 Å². The number of thiazole rings is 1. The lowest BCUT2D eigenvalue weighted by atomic mass is 9.95. The highest BCUT2D eigenvalue weighted by molar-refractivity contribution is 14.1. The molecule has 9 nitrogen and oxygen atoms in total. The van der Waals surface area contributed by atoms with Crippen LogP contribution >= 0.6 is 56.5 Å². The summed E-state index contributed by atoms with van der Waals surface area (Å²) in [5.41, 5.74) is 2.64. The Morgan fingerprint density at radius 2 is 1.79 bits per heavy atom. The van der Waals surface area contributed by atoms with Crippen LogP contribution in [0.25, 0.3) is 6.08 Å². The van der Waals surface area contributed by atoms with Crippen LogP contribution in [-0.4, -0.2) is 22.1 Å². The fraction of sp³-hybridized carbons (Fsp3) is 0.167. The number of esters is 1. The number of halogens is 2. The van der Waals surface area contributed by atoms with Gasteiger partial charge < -0.3 is 9.47 Å². The van der Waals surface area contributed by atoms with E-state index >= 15 is 0 Å². The third-order valence-corrected chi connectivity index (χ3v) is 9.07. The van der Waals surface area contributed by atoms with E-state index in [4.69, 9.17) is 9.47 Å². The van der Waals surface area contributed by atoms with Gasteiger partial charge >= 0.3 is 5.97 Å². The summed E-state index contributed by atoms with van der Waals surface area (Å²) in [7, 11) is 0. The minimum absolute atomic E-state index is 0.0926. The van der Waals surface area contributed by atoms with Crippen molar-refractivity contribution in [3.63, 3.8) is 0 Å². The molecule has 42 heavy (non-hydrogen) atoms. The van der Waals surface area contributed by atoms with Crippen molar-refractivity contribution < 1.29 is 19.2 Å². The number of carbonyl (C=O) groups is 1. The van der Waals surface area contributed by atoms with Gasteiger partial charge in [0.25, 0.3) is 11.2 Å². The van der Waals surface area contributed by atoms with Crippen LogP contribution in [-0.2, 0) is 16.1 Å². The summed E-state index contributed by atoms with van der Waals surface area (Å²) >= 11 is 5.67. The number of aromatic nitrogens is 1. The molecule has 0 radical (unpaired) electrons. The summed E-state index contributed by atoms with van der Waals surface area (Å²) in [5.74, 6) is 0.179. The molecular formula is C30H23I2N3O6S. The Morgan fingerprint density at radius 3 is 2.40 bits per heavy atom. The molecule has 0 bridgehead atoms. The normalized spacial score (nSPS) is 14.8. The van der Waals surface area contributed by atoms with Crippen molar-refractivity contribution in [2.45, 2.75) is 26.5 Å². The molecule has 12 heteroatoms. The summed E-state index contributed by atoms with van der Waals surface area (Å²) in [6, 6.07) is 18.8. The molecule has 0 fully saturated rings. The van der Waals surface area contributed by atoms with Gasteiger partial charge in [-0.2, -0.15) is 0 Å². The molecule has 0 amide bonds. The molecule has 5 rings (SSSR count). The van der Waals surface area contributed by atoms with Crippen molar-refractivity contribution in [2.75, 3.05) is 6.61 Å². The van der Waals surface area contributed by atoms with Gasteiger partial charge in [-0.3, -0.25) is 19.5 Å². The number of hydrogen-bond donors (Lipinski definition) is 0. The first kappa shape index (κ1) is 30.1. The van der Waals surface area contributed by atoms with Gasteiger partial charge in [0.05, 0.1) is 40.5 Å². The number of allylic oxidation sites excluding steroid dienone is 1. The molecule has 0 spiro atoms. The maximum absolute atomic E-state index is 13.9. The monoisotopic (exact) mass is 807 g/mol. The van der Waals surface area contributed by atoms with Crippen LogP contribution in [0.3, 0.4) is 0 Å². The molecule has 1 aromatic heterocycles. The van der Waals surface area contributed by atoms with E-state index in [1.165, 1.54) is 28.0 Å². The SMILES string of the molecule is CCOC(=O)C1=C(C)N=c2s/c(=C/c3cc(I)c(OCc4ccccc4)c(I)c3)c(=O)n2[C@H]1c1ccc([N+](=O)[O-])cc1. The average molecular weight is 807 g/mol. The largest absolute Gasteiger partial charge is 0.487 e. The molecule has 0 N–H and O–H groups in total. The van der Waals surface area contributed by atoms with E-state index in [0.29, 0.717) is 27.2 Å². The summed E-state index contributed by atoms with van der Waals surface area (Å²) in [4.78, 5) is 42.7. The Morgan fingerprint density at radius 1 is 1.12 bits per heavy atom. The van der Waals surface area contributed by atoms with Crippen molar-refractivity contribution in [2.24, 2.45) is 4.99 Å². The maximum atomic E-state index is 13.9. The lowest BCUT2D eigenvalue weighted by Gasteiger charge is -2.24. The van der Waals surface area contributed by atoms with Crippen molar-refractivity contribution >= 4 is 74.3 Å². The standard InChI is InChI=1S/C30H23I2N3O6S/c1-3-40-29(37)25-17(2)33-30-34(26(25)20-9-11-21(12-10-20)35(38)39)28(36)24(42-30)15-19-13-22(31)27(23(32)14-19)41-16-18-7-5-4-6-8-18/h4-15,26H,3,16H2,1-2H3/b24-15+/t26-/m0/s1. The molecule has 214 valence electrons. The van der Waals surface area contributed by atoms with Gasteiger partial charge in [0, 0.05) is 12.1 Å². The van der Waals surface area contributed by atoms with Gasteiger partial charge in [0.2, 0.25) is 0 Å². The van der Waals surface area contributed by atoms with E-state index in [-0.39, 0.29) is 23.4 Å². The summed E-state index contributed by atoms with van der Waals surface area (Å²) in [5, 5.41) is 11.2. The van der Waals surface area contributed by atoms with E-state index in [9.17, 15) is 19.7 Å². The zero-order valence-corrected chi connectivity index (χ0v) is 27.5. The molecule has 0 saturated carbocycles. The molecule has 1 aliphatic heterocycles. The fourth-order valence-corrected chi connectivity index (χ4v) is 7.74. The van der Waals surface area contributed by atoms with E-state index in [1.54, 1.807) is 32.1 Å². The van der Waals surface area contributed by atoms with Crippen molar-refractivity contribution in [1.29, 1.82) is 0 Å². The summed E-state index contributed by atoms with van der Waals surface area (Å²) in [6.07, 6.45) is 1.80. The number of nitro benzene ring substituents is 1. The van der Waals surface area contributed by atoms with E-state index in [1.807, 2.05) is 42.5 Å². The smallest absolute Gasteiger partial charge is 0.338 e. The predicted molar refractivity (Wildman–Crippen MR) is 176 cm³/mol. The van der Waals surface area contributed by atoms with Gasteiger partial charge in [-0.1, -0.05) is 41.7 Å². The zero-order chi connectivity index (χ0) is 30.0. The number of carbonyl (C=O) groups excluding carboxylic acids is 1. The Hall–Kier alpha value is -3.37. The molecule has 1 aliphatic rings. The molecular weight excluding hydrogens is 784 g/mol. The van der Waals surface area contributed by atoms with Gasteiger partial charge in [0.1, 0.15) is 12.4 Å². The second-order valence-electron chi connectivity index (χ2n) is 9.24. The van der Waals surface area contributed by atoms with Crippen molar-refractivity contribution in [3.8, 4) is 5.75 Å². The highest BCUT2D eigenvalue weighted by Gasteiger charge is 2.33. The first-order chi connectivity index (χ1) is 20.2. The average Bonchev–Trinajstić information content (AvgIpc) is 3.26. The number of ether oxygens (including phenoxy) is 2. The lowest BCUT2D eigenvalue weighted by molar-refractivity contribution is -0.384. The van der Waals surface area contributed by atoms with Gasteiger partial charge in [-0.05, 0) is 106 Å². The quantitative estimate of drug-likeness (QED) is 0.101. The number of fused-ring (bicyclic) bond motifs is 1. The van der Waals surface area contributed by atoms with Gasteiger partial charge in [-0.25, -0.2) is 9.79 Å². The third kappa shape index (κ3) is 6.20. The molecule has 0 aliphatic carbocycles. The van der Waals surface area contributed by atoms with Gasteiger partial charge in [0.15, 0.2) is 4.80 Å². The Labute approximate surface area is 271 Å². The first-order valence-corrected chi connectivity index (χ1v) is 15.7. The summed E-state index contributed by atoms with van der Waals surface area (Å²) in [6.45, 7) is 3.98. The molecule has 2 heterocycles. The molecule has 1 atom stereocenters. The topological polar surface area (TPSA) is 113 Å². The highest BCUT2D eigenvalue weighted by Crippen LogP contribution is 2.32. The van der Waals surface area contributed by atoms with Crippen LogP contribution in [0.15, 0.2) is 87.8 Å². The predicted octanol–water partition coefficient (Wildman–Crippen LogP) is 5.49. The lowest BCUT2D eigenvalue weighted by Crippen LogP contribution is -2.39. The number of rotatable bonds is 8. The number of nitrogens with zero attached hydrogens (tertiary/aromatic N) is 3. The van der Waals surface area contributed by atoms with E-state index in [2.05, 4.69) is 50.2 Å². The van der Waals surface area contributed by atoms with Crippen LogP contribution < -0.4 is 19.6 Å². The van der Waals surface area contributed by atoms with Crippen LogP contribution in [0.2, 0.25) is 0 Å². The van der Waals surface area contributed by atoms with Crippen LogP contribution in [0.5, 0.6) is 5.75 Å². The van der Waals surface area contributed by atoms with Crippen molar-refractivity contribution in [3.05, 3.63) is 132 Å². The second-order valence-corrected chi connectivity index (χ2v) is 12.6. The minimum atomic E-state index is -0.850. The van der Waals surface area contributed by atoms with Crippen LogP contribution in [0.1, 0.15) is 36.6 Å². The maximum Gasteiger partial charge on any atom is 0.338 e. The van der Waals surface area contributed by atoms with Crippen LogP contribution in [0.4, 0.5) is 5.69 Å². The van der Waals surface area contributed by atoms with Crippen molar-refractivity contribution in [1.82, 2.24) is 4.57 Å². The summed E-state index contributed by atoms with van der Waals surface area (Å²) < 4.78 is 15.1.